The van der Waals surface area contributed by atoms with Gasteiger partial charge in [0, 0.05) is 11.1 Å². The molecule has 0 atom stereocenters. The van der Waals surface area contributed by atoms with E-state index in [1.165, 1.54) is 21.5 Å². The first kappa shape index (κ1) is 25.4. The van der Waals surface area contributed by atoms with Gasteiger partial charge in [0.15, 0.2) is 12.7 Å². The van der Waals surface area contributed by atoms with Gasteiger partial charge in [0.2, 0.25) is 5.91 Å². The maximum atomic E-state index is 13.5. The van der Waals surface area contributed by atoms with Crippen LogP contribution in [-0.2, 0) is 4.79 Å². The highest BCUT2D eigenvalue weighted by atomic mass is 31.2. The second-order valence-electron chi connectivity index (χ2n) is 9.92. The quantitative estimate of drug-likeness (QED) is 0.294. The summed E-state index contributed by atoms with van der Waals surface area (Å²) in [7, 11) is -2.47. The lowest BCUT2D eigenvalue weighted by atomic mass is 9.96. The average molecular weight is 494 g/mol. The summed E-state index contributed by atoms with van der Waals surface area (Å²) in [6.07, 6.45) is 2.00. The van der Waals surface area contributed by atoms with E-state index in [0.717, 1.165) is 11.1 Å². The van der Waals surface area contributed by atoms with Gasteiger partial charge < -0.3 is 5.32 Å². The fourth-order valence-electron chi connectivity index (χ4n) is 4.14. The largest absolute Gasteiger partial charge is 0.357 e. The molecule has 36 heavy (non-hydrogen) atoms. The third-order valence-corrected chi connectivity index (χ3v) is 10.3. The van der Waals surface area contributed by atoms with Gasteiger partial charge >= 0.3 is 0 Å². The summed E-state index contributed by atoms with van der Waals surface area (Å²) in [6.45, 7) is 7.91. The van der Waals surface area contributed by atoms with Crippen LogP contribution in [0.3, 0.4) is 0 Å². The molecule has 0 heterocycles. The molecule has 0 aliphatic carbocycles. The monoisotopic (exact) mass is 493 g/mol. The van der Waals surface area contributed by atoms with E-state index in [-0.39, 0.29) is 5.91 Å². The van der Waals surface area contributed by atoms with Crippen LogP contribution in [0.25, 0.3) is 0 Å². The van der Waals surface area contributed by atoms with Crippen LogP contribution >= 0.6 is 7.26 Å². The smallest absolute Gasteiger partial charge is 0.232 e. The van der Waals surface area contributed by atoms with Gasteiger partial charge in [0.1, 0.15) is 15.9 Å². The highest BCUT2D eigenvalue weighted by Crippen LogP contribution is 2.61. The SMILES string of the molecule is Cc1ccc(N/C=C(/NC(=O)C(C)(C)C)[P+](c2ccccc2)(c2ccccc2)c2ccccc2)cc1. The van der Waals surface area contributed by atoms with E-state index in [1.54, 1.807) is 0 Å². The number of hydrogen-bond donors (Lipinski definition) is 2. The van der Waals surface area contributed by atoms with Crippen molar-refractivity contribution in [2.75, 3.05) is 5.32 Å². The van der Waals surface area contributed by atoms with Gasteiger partial charge in [0.05, 0.1) is 6.20 Å². The minimum absolute atomic E-state index is 0.0216. The van der Waals surface area contributed by atoms with Gasteiger partial charge in [-0.2, -0.15) is 0 Å². The van der Waals surface area contributed by atoms with E-state index in [9.17, 15) is 4.79 Å². The maximum absolute atomic E-state index is 13.5. The number of carbonyl (C=O) groups is 1. The van der Waals surface area contributed by atoms with Crippen LogP contribution in [0.5, 0.6) is 0 Å². The summed E-state index contributed by atoms with van der Waals surface area (Å²) in [4.78, 5) is 13.5. The van der Waals surface area contributed by atoms with Crippen molar-refractivity contribution < 1.29 is 4.79 Å². The molecule has 0 aliphatic rings. The van der Waals surface area contributed by atoms with Crippen LogP contribution in [0.4, 0.5) is 5.69 Å². The summed E-state index contributed by atoms with van der Waals surface area (Å²) in [5.41, 5.74) is 2.48. The molecule has 182 valence electrons. The Kier molecular flexibility index (Phi) is 7.72. The van der Waals surface area contributed by atoms with Crippen molar-refractivity contribution in [2.24, 2.45) is 5.41 Å². The van der Waals surface area contributed by atoms with E-state index in [2.05, 4.69) is 115 Å². The van der Waals surface area contributed by atoms with Crippen molar-refractivity contribution in [2.45, 2.75) is 27.7 Å². The zero-order valence-electron chi connectivity index (χ0n) is 21.4. The predicted octanol–water partition coefficient (Wildman–Crippen LogP) is 6.36. The number of aryl methyl sites for hydroxylation is 1. The van der Waals surface area contributed by atoms with E-state index >= 15 is 0 Å². The van der Waals surface area contributed by atoms with E-state index in [4.69, 9.17) is 0 Å². The Morgan fingerprint density at radius 1 is 0.667 bits per heavy atom. The highest BCUT2D eigenvalue weighted by molar-refractivity contribution is 7.99. The normalized spacial score (nSPS) is 12.2. The molecule has 0 radical (unpaired) electrons. The molecule has 1 amide bonds. The van der Waals surface area contributed by atoms with Crippen LogP contribution in [0.2, 0.25) is 0 Å². The lowest BCUT2D eigenvalue weighted by Crippen LogP contribution is -2.42. The molecule has 0 fully saturated rings. The maximum Gasteiger partial charge on any atom is 0.232 e. The van der Waals surface area contributed by atoms with Crippen molar-refractivity contribution >= 4 is 34.8 Å². The first-order valence-electron chi connectivity index (χ1n) is 12.2. The molecule has 0 aliphatic heterocycles. The first-order chi connectivity index (χ1) is 17.3. The van der Waals surface area contributed by atoms with Crippen LogP contribution in [-0.4, -0.2) is 5.91 Å². The fraction of sp³-hybridized carbons (Fsp3) is 0.156. The van der Waals surface area contributed by atoms with Gasteiger partial charge in [-0.05, 0) is 55.5 Å². The Balaban J connectivity index is 2.02. The Bertz CT molecular complexity index is 1210. The van der Waals surface area contributed by atoms with Crippen LogP contribution in [0, 0.1) is 12.3 Å². The van der Waals surface area contributed by atoms with Crippen molar-refractivity contribution in [3.05, 3.63) is 132 Å². The predicted molar refractivity (Wildman–Crippen MR) is 156 cm³/mol. The Morgan fingerprint density at radius 3 is 1.47 bits per heavy atom. The van der Waals surface area contributed by atoms with Crippen molar-refractivity contribution in [3.63, 3.8) is 0 Å². The summed E-state index contributed by atoms with van der Waals surface area (Å²) < 4.78 is 0. The van der Waals surface area contributed by atoms with Crippen molar-refractivity contribution in [1.82, 2.24) is 5.32 Å². The average Bonchev–Trinajstić information content (AvgIpc) is 2.90. The van der Waals surface area contributed by atoms with Gasteiger partial charge in [-0.1, -0.05) is 93.1 Å². The molecule has 0 saturated carbocycles. The molecular formula is C32H34N2OP+. The van der Waals surface area contributed by atoms with Gasteiger partial charge in [0.25, 0.3) is 0 Å². The highest BCUT2D eigenvalue weighted by Gasteiger charge is 2.51. The Morgan fingerprint density at radius 2 is 1.08 bits per heavy atom. The number of hydrogen-bond acceptors (Lipinski definition) is 2. The number of rotatable bonds is 7. The Labute approximate surface area is 215 Å². The summed E-state index contributed by atoms with van der Waals surface area (Å²) in [5, 5.41) is 10.4. The number of anilines is 1. The molecule has 4 rings (SSSR count). The molecule has 4 aromatic rings. The van der Waals surface area contributed by atoms with Crippen LogP contribution in [0.15, 0.2) is 127 Å². The van der Waals surface area contributed by atoms with E-state index in [1.807, 2.05) is 45.2 Å². The standard InChI is InChI=1S/C32H33N2OP/c1-25-20-22-26(23-21-25)33-24-30(34-31(35)32(2,3)4)36(27-14-8-5-9-15-27,28-16-10-6-11-17-28)29-18-12-7-13-19-29/h5-24,33H,1-4H3/p+1/b30-24-. The summed E-state index contributed by atoms with van der Waals surface area (Å²) in [5.74, 6) is -0.0216. The molecular weight excluding hydrogens is 459 g/mol. The fourth-order valence-corrected chi connectivity index (χ4v) is 8.26. The third-order valence-electron chi connectivity index (χ3n) is 6.14. The molecule has 3 nitrogen and oxygen atoms in total. The molecule has 4 aromatic carbocycles. The van der Waals surface area contributed by atoms with E-state index < -0.39 is 12.7 Å². The Hall–Kier alpha value is -3.68. The topological polar surface area (TPSA) is 41.1 Å². The number of carbonyl (C=O) groups excluding carboxylic acids is 1. The molecule has 0 unspecified atom stereocenters. The van der Waals surface area contributed by atoms with Crippen LogP contribution in [0.1, 0.15) is 26.3 Å². The second kappa shape index (κ2) is 10.9. The van der Waals surface area contributed by atoms with Crippen molar-refractivity contribution in [1.29, 1.82) is 0 Å². The van der Waals surface area contributed by atoms with Gasteiger partial charge in [-0.15, -0.1) is 0 Å². The minimum Gasteiger partial charge on any atom is -0.357 e. The second-order valence-corrected chi connectivity index (χ2v) is 13.3. The molecule has 0 saturated heterocycles. The molecule has 4 heteroatoms. The number of nitrogens with one attached hydrogen (secondary N) is 2. The van der Waals surface area contributed by atoms with E-state index in [0.29, 0.717) is 0 Å². The summed E-state index contributed by atoms with van der Waals surface area (Å²) >= 11 is 0. The minimum atomic E-state index is -2.47. The zero-order valence-corrected chi connectivity index (χ0v) is 22.3. The third kappa shape index (κ3) is 5.42. The lowest BCUT2D eigenvalue weighted by molar-refractivity contribution is -0.127. The molecule has 0 bridgehead atoms. The number of amides is 1. The molecule has 2 N–H and O–H groups in total. The van der Waals surface area contributed by atoms with Crippen molar-refractivity contribution in [3.8, 4) is 0 Å². The van der Waals surface area contributed by atoms with Gasteiger partial charge in [-0.25, -0.2) is 0 Å². The number of benzene rings is 4. The molecule has 0 spiro atoms. The first-order valence-corrected chi connectivity index (χ1v) is 14.0. The molecule has 0 aromatic heterocycles. The summed E-state index contributed by atoms with van der Waals surface area (Å²) in [6, 6.07) is 39.9. The zero-order chi connectivity index (χ0) is 25.6. The van der Waals surface area contributed by atoms with Crippen LogP contribution < -0.4 is 26.5 Å². The lowest BCUT2D eigenvalue weighted by Gasteiger charge is -2.31. The van der Waals surface area contributed by atoms with Gasteiger partial charge in [-0.3, -0.25) is 10.1 Å².